The van der Waals surface area contributed by atoms with Gasteiger partial charge in [-0.15, -0.1) is 0 Å². The lowest BCUT2D eigenvalue weighted by atomic mass is 10.4. The summed E-state index contributed by atoms with van der Waals surface area (Å²) in [5, 5.41) is 0. The molecule has 0 radical (unpaired) electrons. The molecule has 0 heterocycles. The number of hydrogen-bond acceptors (Lipinski definition) is 3. The number of esters is 1. The van der Waals surface area contributed by atoms with Gasteiger partial charge in [0.1, 0.15) is 0 Å². The predicted molar refractivity (Wildman–Crippen MR) is 54.6 cm³/mol. The first-order chi connectivity index (χ1) is 5.72. The Balaban J connectivity index is 4.48. The maximum absolute atomic E-state index is 10.7. The van der Waals surface area contributed by atoms with Crippen LogP contribution in [0.4, 0.5) is 0 Å². The average molecular weight is 202 g/mol. The summed E-state index contributed by atoms with van der Waals surface area (Å²) < 4.78 is 10.5. The third kappa shape index (κ3) is 6.39. The Bertz CT molecular complexity index is 222. The van der Waals surface area contributed by atoms with Crippen LogP contribution in [0.15, 0.2) is 11.5 Å². The molecule has 0 aromatic heterocycles. The van der Waals surface area contributed by atoms with Gasteiger partial charge < -0.3 is 9.16 Å². The minimum absolute atomic E-state index is 0.338. The van der Waals surface area contributed by atoms with Crippen LogP contribution in [-0.2, 0) is 14.0 Å². The molecule has 0 N–H and O–H groups in total. The molecule has 76 valence electrons. The van der Waals surface area contributed by atoms with Crippen LogP contribution in [0.25, 0.3) is 0 Å². The number of allylic oxidation sites excluding steroid dienone is 1. The van der Waals surface area contributed by atoms with Crippen molar-refractivity contribution in [1.29, 1.82) is 0 Å². The fourth-order valence-electron chi connectivity index (χ4n) is 0.634. The van der Waals surface area contributed by atoms with E-state index in [2.05, 4.69) is 0 Å². The largest absolute Gasteiger partial charge is 0.519 e. The van der Waals surface area contributed by atoms with Crippen molar-refractivity contribution in [1.82, 2.24) is 0 Å². The summed E-state index contributed by atoms with van der Waals surface area (Å²) in [4.78, 5) is 10.7. The zero-order valence-corrected chi connectivity index (χ0v) is 10.2. The number of carbonyl (C=O) groups excluding carboxylic acids is 1. The zero-order valence-electron chi connectivity index (χ0n) is 9.22. The van der Waals surface area contributed by atoms with E-state index in [1.807, 2.05) is 33.5 Å². The molecular formula is C9H18O3Si. The smallest absolute Gasteiger partial charge is 0.310 e. The summed E-state index contributed by atoms with van der Waals surface area (Å²) in [6.07, 6.45) is 0. The van der Waals surface area contributed by atoms with E-state index in [0.717, 1.165) is 5.57 Å². The van der Waals surface area contributed by atoms with Crippen LogP contribution in [0.2, 0.25) is 19.6 Å². The molecule has 0 aliphatic heterocycles. The lowest BCUT2D eigenvalue weighted by Gasteiger charge is -2.21. The molecule has 0 unspecified atom stereocenters. The molecule has 0 spiro atoms. The average Bonchev–Trinajstić information content (AvgIpc) is 1.81. The van der Waals surface area contributed by atoms with E-state index < -0.39 is 8.32 Å². The molecule has 0 aliphatic carbocycles. The predicted octanol–water partition coefficient (Wildman–Crippen LogP) is 2.65. The monoisotopic (exact) mass is 202 g/mol. The molecule has 0 aromatic carbocycles. The number of rotatable bonds is 3. The van der Waals surface area contributed by atoms with Gasteiger partial charge in [0.25, 0.3) is 5.95 Å². The van der Waals surface area contributed by atoms with E-state index in [-0.39, 0.29) is 5.97 Å². The Morgan fingerprint density at radius 1 is 1.08 bits per heavy atom. The van der Waals surface area contributed by atoms with Gasteiger partial charge in [0.05, 0.1) is 0 Å². The van der Waals surface area contributed by atoms with Crippen LogP contribution >= 0.6 is 0 Å². The van der Waals surface area contributed by atoms with Crippen LogP contribution < -0.4 is 0 Å². The van der Waals surface area contributed by atoms with Gasteiger partial charge >= 0.3 is 5.97 Å². The van der Waals surface area contributed by atoms with Crippen LogP contribution in [0.1, 0.15) is 20.8 Å². The van der Waals surface area contributed by atoms with E-state index in [1.54, 1.807) is 0 Å². The second kappa shape index (κ2) is 4.46. The molecular weight excluding hydrogens is 184 g/mol. The first-order valence-corrected chi connectivity index (χ1v) is 7.68. The van der Waals surface area contributed by atoms with Gasteiger partial charge in [-0.1, -0.05) is 0 Å². The van der Waals surface area contributed by atoms with Crippen molar-refractivity contribution in [3.8, 4) is 0 Å². The van der Waals surface area contributed by atoms with Gasteiger partial charge in [-0.05, 0) is 33.5 Å². The summed E-state index contributed by atoms with van der Waals surface area (Å²) >= 11 is 0. The highest BCUT2D eigenvalue weighted by Crippen LogP contribution is 2.15. The minimum atomic E-state index is -1.69. The molecule has 13 heavy (non-hydrogen) atoms. The summed E-state index contributed by atoms with van der Waals surface area (Å²) in [6.45, 7) is 11.2. The summed E-state index contributed by atoms with van der Waals surface area (Å²) in [5.41, 5.74) is 0.887. The number of ether oxygens (including phenoxy) is 1. The summed E-state index contributed by atoms with van der Waals surface area (Å²) in [6, 6.07) is 0. The van der Waals surface area contributed by atoms with Crippen LogP contribution in [-0.4, -0.2) is 14.3 Å². The molecule has 0 rings (SSSR count). The van der Waals surface area contributed by atoms with Gasteiger partial charge in [-0.3, -0.25) is 4.79 Å². The SMILES string of the molecule is CC(=O)OC(O[Si](C)(C)C)=C(C)C. The van der Waals surface area contributed by atoms with Gasteiger partial charge in [0.15, 0.2) is 0 Å². The first kappa shape index (κ1) is 12.2. The van der Waals surface area contributed by atoms with Crippen molar-refractivity contribution < 1.29 is 14.0 Å². The molecule has 0 saturated heterocycles. The van der Waals surface area contributed by atoms with Crippen LogP contribution in [0.3, 0.4) is 0 Å². The van der Waals surface area contributed by atoms with Crippen molar-refractivity contribution in [3.63, 3.8) is 0 Å². The maximum Gasteiger partial charge on any atom is 0.310 e. The first-order valence-electron chi connectivity index (χ1n) is 4.27. The summed E-state index contributed by atoms with van der Waals surface area (Å²) in [7, 11) is -1.69. The quantitative estimate of drug-likeness (QED) is 0.401. The van der Waals surface area contributed by atoms with Crippen molar-refractivity contribution in [2.24, 2.45) is 0 Å². The maximum atomic E-state index is 10.7. The fourth-order valence-corrected chi connectivity index (χ4v) is 1.44. The fraction of sp³-hybridized carbons (Fsp3) is 0.667. The third-order valence-electron chi connectivity index (χ3n) is 1.04. The van der Waals surface area contributed by atoms with Gasteiger partial charge in [-0.2, -0.15) is 0 Å². The van der Waals surface area contributed by atoms with Crippen molar-refractivity contribution in [2.45, 2.75) is 40.4 Å². The highest BCUT2D eigenvalue weighted by atomic mass is 28.4. The second-order valence-electron chi connectivity index (χ2n) is 4.10. The second-order valence-corrected chi connectivity index (χ2v) is 8.52. The van der Waals surface area contributed by atoms with Crippen molar-refractivity contribution in [2.75, 3.05) is 0 Å². The van der Waals surface area contributed by atoms with E-state index in [4.69, 9.17) is 9.16 Å². The molecule has 4 heteroatoms. The Morgan fingerprint density at radius 3 is 1.77 bits per heavy atom. The van der Waals surface area contributed by atoms with Crippen molar-refractivity contribution >= 4 is 14.3 Å². The van der Waals surface area contributed by atoms with Gasteiger partial charge in [0.2, 0.25) is 8.32 Å². The molecule has 0 aromatic rings. The molecule has 0 saturated carbocycles. The Kier molecular flexibility index (Phi) is 4.19. The third-order valence-corrected chi connectivity index (χ3v) is 1.84. The Morgan fingerprint density at radius 2 is 1.54 bits per heavy atom. The Hall–Kier alpha value is -0.773. The molecule has 0 atom stereocenters. The minimum Gasteiger partial charge on any atom is -0.519 e. The van der Waals surface area contributed by atoms with E-state index in [9.17, 15) is 4.79 Å². The van der Waals surface area contributed by atoms with E-state index >= 15 is 0 Å². The standard InChI is InChI=1S/C9H18O3Si/c1-7(2)9(11-8(3)10)12-13(4,5)6/h1-6H3. The highest BCUT2D eigenvalue weighted by molar-refractivity contribution is 6.70. The zero-order chi connectivity index (χ0) is 10.6. The van der Waals surface area contributed by atoms with E-state index in [0.29, 0.717) is 5.95 Å². The lowest BCUT2D eigenvalue weighted by Crippen LogP contribution is -2.26. The molecule has 0 bridgehead atoms. The Labute approximate surface area is 80.9 Å². The molecule has 0 fully saturated rings. The number of carbonyl (C=O) groups is 1. The van der Waals surface area contributed by atoms with Gasteiger partial charge in [-0.25, -0.2) is 0 Å². The van der Waals surface area contributed by atoms with Crippen molar-refractivity contribution in [3.05, 3.63) is 11.5 Å². The van der Waals surface area contributed by atoms with E-state index in [1.165, 1.54) is 6.92 Å². The summed E-state index contributed by atoms with van der Waals surface area (Å²) in [5.74, 6) is 0.0288. The number of hydrogen-bond donors (Lipinski definition) is 0. The molecule has 0 amide bonds. The normalized spacial score (nSPS) is 10.6. The van der Waals surface area contributed by atoms with Crippen LogP contribution in [0.5, 0.6) is 0 Å². The lowest BCUT2D eigenvalue weighted by molar-refractivity contribution is -0.140. The molecule has 0 aliphatic rings. The van der Waals surface area contributed by atoms with Gasteiger partial charge in [0, 0.05) is 12.5 Å². The molecule has 3 nitrogen and oxygen atoms in total. The van der Waals surface area contributed by atoms with Crippen LogP contribution in [0, 0.1) is 0 Å². The topological polar surface area (TPSA) is 35.5 Å². The highest BCUT2D eigenvalue weighted by Gasteiger charge is 2.20.